The van der Waals surface area contributed by atoms with Crippen LogP contribution in [0.3, 0.4) is 0 Å². The van der Waals surface area contributed by atoms with E-state index < -0.39 is 0 Å². The Bertz CT molecular complexity index is 250. The standard InChI is InChI=1S/C15H31N3O/c1-4-9-17-15(19)6-10-16-13(3)14-7-11-18(5-2)12-8-14/h13-14,16H,4-12H2,1-3H3,(H,17,19). The van der Waals surface area contributed by atoms with Gasteiger partial charge in [0.25, 0.3) is 0 Å². The molecule has 1 aliphatic heterocycles. The third kappa shape index (κ3) is 6.39. The van der Waals surface area contributed by atoms with Crippen LogP contribution in [0.5, 0.6) is 0 Å². The maximum absolute atomic E-state index is 11.5. The van der Waals surface area contributed by atoms with Gasteiger partial charge >= 0.3 is 0 Å². The van der Waals surface area contributed by atoms with E-state index in [0.717, 1.165) is 25.4 Å². The molecule has 1 saturated heterocycles. The van der Waals surface area contributed by atoms with Gasteiger partial charge in [0.2, 0.25) is 5.91 Å². The van der Waals surface area contributed by atoms with Crippen molar-refractivity contribution in [2.45, 2.75) is 52.5 Å². The highest BCUT2D eigenvalue weighted by Crippen LogP contribution is 2.20. The molecule has 0 aliphatic carbocycles. The summed E-state index contributed by atoms with van der Waals surface area (Å²) < 4.78 is 0. The summed E-state index contributed by atoms with van der Waals surface area (Å²) in [7, 11) is 0. The van der Waals surface area contributed by atoms with Crippen LogP contribution in [-0.4, -0.2) is 49.6 Å². The summed E-state index contributed by atoms with van der Waals surface area (Å²) in [6, 6.07) is 0.526. The zero-order valence-electron chi connectivity index (χ0n) is 12.9. The predicted molar refractivity (Wildman–Crippen MR) is 80.2 cm³/mol. The summed E-state index contributed by atoms with van der Waals surface area (Å²) in [5, 5.41) is 6.43. The van der Waals surface area contributed by atoms with Gasteiger partial charge in [-0.3, -0.25) is 4.79 Å². The number of hydrogen-bond donors (Lipinski definition) is 2. The minimum atomic E-state index is 0.169. The maximum atomic E-state index is 11.5. The molecular formula is C15H31N3O. The number of nitrogens with zero attached hydrogens (tertiary/aromatic N) is 1. The van der Waals surface area contributed by atoms with E-state index in [9.17, 15) is 4.79 Å². The first-order valence-corrected chi connectivity index (χ1v) is 7.89. The summed E-state index contributed by atoms with van der Waals surface area (Å²) in [6.07, 6.45) is 4.16. The zero-order valence-corrected chi connectivity index (χ0v) is 12.9. The highest BCUT2D eigenvalue weighted by Gasteiger charge is 2.22. The monoisotopic (exact) mass is 269 g/mol. The molecule has 1 amide bonds. The highest BCUT2D eigenvalue weighted by atomic mass is 16.1. The summed E-state index contributed by atoms with van der Waals surface area (Å²) in [4.78, 5) is 14.0. The van der Waals surface area contributed by atoms with E-state index in [2.05, 4.69) is 36.3 Å². The molecule has 19 heavy (non-hydrogen) atoms. The van der Waals surface area contributed by atoms with Crippen molar-refractivity contribution in [3.63, 3.8) is 0 Å². The number of piperidine rings is 1. The minimum absolute atomic E-state index is 0.169. The molecule has 0 aromatic heterocycles. The van der Waals surface area contributed by atoms with E-state index in [-0.39, 0.29) is 5.91 Å². The van der Waals surface area contributed by atoms with Crippen molar-refractivity contribution in [2.24, 2.45) is 5.92 Å². The second-order valence-corrected chi connectivity index (χ2v) is 5.61. The molecule has 4 heteroatoms. The lowest BCUT2D eigenvalue weighted by molar-refractivity contribution is -0.121. The van der Waals surface area contributed by atoms with Crippen LogP contribution in [0.2, 0.25) is 0 Å². The van der Waals surface area contributed by atoms with Crippen LogP contribution in [0.15, 0.2) is 0 Å². The molecule has 2 N–H and O–H groups in total. The van der Waals surface area contributed by atoms with Crippen molar-refractivity contribution >= 4 is 5.91 Å². The number of carbonyl (C=O) groups is 1. The Labute approximate surface area is 118 Å². The Morgan fingerprint density at radius 2 is 1.95 bits per heavy atom. The first-order valence-electron chi connectivity index (χ1n) is 7.89. The van der Waals surface area contributed by atoms with E-state index in [1.807, 2.05) is 0 Å². The number of likely N-dealkylation sites (tertiary alicyclic amines) is 1. The lowest BCUT2D eigenvalue weighted by atomic mass is 9.90. The smallest absolute Gasteiger partial charge is 0.221 e. The second-order valence-electron chi connectivity index (χ2n) is 5.61. The van der Waals surface area contributed by atoms with E-state index in [1.165, 1.54) is 32.5 Å². The van der Waals surface area contributed by atoms with E-state index >= 15 is 0 Å². The first kappa shape index (κ1) is 16.4. The van der Waals surface area contributed by atoms with Gasteiger partial charge in [-0.15, -0.1) is 0 Å². The number of hydrogen-bond acceptors (Lipinski definition) is 3. The third-order valence-electron chi connectivity index (χ3n) is 4.18. The van der Waals surface area contributed by atoms with Crippen LogP contribution in [0, 0.1) is 5.92 Å². The molecule has 1 rings (SSSR count). The van der Waals surface area contributed by atoms with Crippen LogP contribution >= 0.6 is 0 Å². The Morgan fingerprint density at radius 3 is 2.53 bits per heavy atom. The van der Waals surface area contributed by atoms with Crippen LogP contribution < -0.4 is 10.6 Å². The SMILES string of the molecule is CCCNC(=O)CCNC(C)C1CCN(CC)CC1. The van der Waals surface area contributed by atoms with Gasteiger partial charge in [-0.05, 0) is 51.7 Å². The lowest BCUT2D eigenvalue weighted by Crippen LogP contribution is -2.42. The van der Waals surface area contributed by atoms with Gasteiger partial charge in [0.05, 0.1) is 0 Å². The van der Waals surface area contributed by atoms with Gasteiger partial charge in [0.1, 0.15) is 0 Å². The van der Waals surface area contributed by atoms with Crippen molar-refractivity contribution < 1.29 is 4.79 Å². The van der Waals surface area contributed by atoms with Crippen LogP contribution in [0.25, 0.3) is 0 Å². The van der Waals surface area contributed by atoms with Crippen molar-refractivity contribution in [3.8, 4) is 0 Å². The van der Waals surface area contributed by atoms with Gasteiger partial charge in [-0.1, -0.05) is 13.8 Å². The Kier molecular flexibility index (Phi) is 8.07. The number of carbonyl (C=O) groups excluding carboxylic acids is 1. The molecule has 1 aliphatic rings. The molecule has 0 radical (unpaired) electrons. The molecule has 0 bridgehead atoms. The Balaban J connectivity index is 2.11. The average Bonchev–Trinajstić information content (AvgIpc) is 2.45. The maximum Gasteiger partial charge on any atom is 0.221 e. The molecule has 1 heterocycles. The number of rotatable bonds is 8. The van der Waals surface area contributed by atoms with E-state index in [4.69, 9.17) is 0 Å². The Morgan fingerprint density at radius 1 is 1.26 bits per heavy atom. The molecule has 4 nitrogen and oxygen atoms in total. The van der Waals surface area contributed by atoms with Crippen molar-refractivity contribution in [1.82, 2.24) is 15.5 Å². The van der Waals surface area contributed by atoms with E-state index in [0.29, 0.717) is 12.5 Å². The quantitative estimate of drug-likeness (QED) is 0.704. The summed E-state index contributed by atoms with van der Waals surface area (Å²) in [5.74, 6) is 0.934. The van der Waals surface area contributed by atoms with Gasteiger partial charge in [-0.2, -0.15) is 0 Å². The minimum Gasteiger partial charge on any atom is -0.356 e. The molecule has 1 atom stereocenters. The average molecular weight is 269 g/mol. The largest absolute Gasteiger partial charge is 0.356 e. The van der Waals surface area contributed by atoms with Crippen LogP contribution in [0.4, 0.5) is 0 Å². The predicted octanol–water partition coefficient (Wildman–Crippen LogP) is 1.61. The Hall–Kier alpha value is -0.610. The fraction of sp³-hybridized carbons (Fsp3) is 0.933. The molecule has 112 valence electrons. The van der Waals surface area contributed by atoms with E-state index in [1.54, 1.807) is 0 Å². The fourth-order valence-electron chi connectivity index (χ4n) is 2.70. The van der Waals surface area contributed by atoms with Crippen molar-refractivity contribution in [3.05, 3.63) is 0 Å². The van der Waals surface area contributed by atoms with Crippen LogP contribution in [-0.2, 0) is 4.79 Å². The first-order chi connectivity index (χ1) is 9.17. The molecule has 0 saturated carbocycles. The molecule has 0 aromatic carbocycles. The molecular weight excluding hydrogens is 238 g/mol. The van der Waals surface area contributed by atoms with Gasteiger partial charge in [-0.25, -0.2) is 0 Å². The van der Waals surface area contributed by atoms with Crippen LogP contribution in [0.1, 0.15) is 46.5 Å². The lowest BCUT2D eigenvalue weighted by Gasteiger charge is -2.34. The van der Waals surface area contributed by atoms with Gasteiger partial charge in [0.15, 0.2) is 0 Å². The number of amides is 1. The summed E-state index contributed by atoms with van der Waals surface area (Å²) in [6.45, 7) is 11.8. The molecule has 0 aromatic rings. The third-order valence-corrected chi connectivity index (χ3v) is 4.18. The molecule has 1 fully saturated rings. The van der Waals surface area contributed by atoms with Crippen molar-refractivity contribution in [1.29, 1.82) is 0 Å². The zero-order chi connectivity index (χ0) is 14.1. The summed E-state index contributed by atoms with van der Waals surface area (Å²) >= 11 is 0. The summed E-state index contributed by atoms with van der Waals surface area (Å²) in [5.41, 5.74) is 0. The fourth-order valence-corrected chi connectivity index (χ4v) is 2.70. The normalized spacial score (nSPS) is 19.3. The van der Waals surface area contributed by atoms with Gasteiger partial charge < -0.3 is 15.5 Å². The number of nitrogens with one attached hydrogen (secondary N) is 2. The van der Waals surface area contributed by atoms with Gasteiger partial charge in [0, 0.05) is 25.6 Å². The second kappa shape index (κ2) is 9.32. The molecule has 0 spiro atoms. The van der Waals surface area contributed by atoms with Crippen molar-refractivity contribution in [2.75, 3.05) is 32.7 Å². The molecule has 1 unspecified atom stereocenters. The highest BCUT2D eigenvalue weighted by molar-refractivity contribution is 5.75. The topological polar surface area (TPSA) is 44.4 Å².